The lowest BCUT2D eigenvalue weighted by atomic mass is 10.0. The van der Waals surface area contributed by atoms with E-state index < -0.39 is 0 Å². The summed E-state index contributed by atoms with van der Waals surface area (Å²) in [5, 5.41) is 0. The lowest BCUT2D eigenvalue weighted by Gasteiger charge is -2.14. The summed E-state index contributed by atoms with van der Waals surface area (Å²) in [6.07, 6.45) is 2.45. The molecular formula is C18H22FNO. The van der Waals surface area contributed by atoms with Gasteiger partial charge in [-0.05, 0) is 60.7 Å². The molecule has 2 aromatic carbocycles. The fourth-order valence-corrected chi connectivity index (χ4v) is 2.15. The van der Waals surface area contributed by atoms with E-state index in [0.717, 1.165) is 24.2 Å². The van der Waals surface area contributed by atoms with Crippen molar-refractivity contribution in [3.8, 4) is 11.5 Å². The van der Waals surface area contributed by atoms with Crippen molar-refractivity contribution < 1.29 is 9.13 Å². The second-order valence-corrected chi connectivity index (χ2v) is 5.22. The van der Waals surface area contributed by atoms with E-state index in [1.807, 2.05) is 31.2 Å². The Balaban J connectivity index is 2.21. The first-order chi connectivity index (χ1) is 10.1. The minimum atomic E-state index is -0.262. The van der Waals surface area contributed by atoms with Gasteiger partial charge in [-0.3, -0.25) is 0 Å². The molecule has 0 aliphatic carbocycles. The molecule has 0 saturated heterocycles. The van der Waals surface area contributed by atoms with Crippen LogP contribution in [-0.4, -0.2) is 6.04 Å². The van der Waals surface area contributed by atoms with Crippen molar-refractivity contribution in [1.82, 2.24) is 0 Å². The van der Waals surface area contributed by atoms with E-state index in [1.54, 1.807) is 6.07 Å². The summed E-state index contributed by atoms with van der Waals surface area (Å²) in [4.78, 5) is 0. The molecule has 3 heteroatoms. The molecule has 2 aromatic rings. The maximum atomic E-state index is 13.4. The Morgan fingerprint density at radius 1 is 1.10 bits per heavy atom. The third kappa shape index (κ3) is 4.30. The Labute approximate surface area is 125 Å². The van der Waals surface area contributed by atoms with Gasteiger partial charge in [0.2, 0.25) is 0 Å². The molecule has 1 unspecified atom stereocenters. The van der Waals surface area contributed by atoms with Crippen LogP contribution in [0.5, 0.6) is 11.5 Å². The zero-order valence-corrected chi connectivity index (χ0v) is 12.6. The van der Waals surface area contributed by atoms with Crippen molar-refractivity contribution in [2.24, 2.45) is 5.73 Å². The molecule has 2 rings (SSSR count). The fraction of sp³-hybridized carbons (Fsp3) is 0.333. The van der Waals surface area contributed by atoms with Crippen molar-refractivity contribution >= 4 is 0 Å². The van der Waals surface area contributed by atoms with E-state index in [1.165, 1.54) is 17.7 Å². The summed E-state index contributed by atoms with van der Waals surface area (Å²) in [5.74, 6) is 1.16. The summed E-state index contributed by atoms with van der Waals surface area (Å²) < 4.78 is 19.3. The number of hydrogen-bond acceptors (Lipinski definition) is 2. The molecule has 112 valence electrons. The van der Waals surface area contributed by atoms with Gasteiger partial charge in [-0.15, -0.1) is 0 Å². The first kappa shape index (κ1) is 15.5. The van der Waals surface area contributed by atoms with Gasteiger partial charge < -0.3 is 10.5 Å². The predicted molar refractivity (Wildman–Crippen MR) is 84.3 cm³/mol. The van der Waals surface area contributed by atoms with E-state index in [0.29, 0.717) is 12.2 Å². The molecule has 21 heavy (non-hydrogen) atoms. The minimum Gasteiger partial charge on any atom is -0.457 e. The Bertz CT molecular complexity index is 580. The quantitative estimate of drug-likeness (QED) is 0.851. The van der Waals surface area contributed by atoms with Gasteiger partial charge in [0.25, 0.3) is 0 Å². The fourth-order valence-electron chi connectivity index (χ4n) is 2.15. The van der Waals surface area contributed by atoms with E-state index in [2.05, 4.69) is 6.92 Å². The molecule has 2 nitrogen and oxygen atoms in total. The van der Waals surface area contributed by atoms with Crippen molar-refractivity contribution in [2.75, 3.05) is 0 Å². The second kappa shape index (κ2) is 7.23. The lowest BCUT2D eigenvalue weighted by molar-refractivity contribution is 0.469. The third-order valence-corrected chi connectivity index (χ3v) is 3.59. The van der Waals surface area contributed by atoms with Gasteiger partial charge in [-0.2, -0.15) is 0 Å². The summed E-state index contributed by atoms with van der Waals surface area (Å²) >= 11 is 0. The first-order valence-electron chi connectivity index (χ1n) is 7.43. The van der Waals surface area contributed by atoms with Crippen LogP contribution in [0.25, 0.3) is 0 Å². The SMILES string of the molecule is CCc1ccc(Oc2ccc(F)cc2CC(N)CC)cc1. The molecule has 1 atom stereocenters. The molecule has 0 aliphatic heterocycles. The minimum absolute atomic E-state index is 0.0108. The van der Waals surface area contributed by atoms with Crippen LogP contribution in [0.3, 0.4) is 0 Å². The monoisotopic (exact) mass is 287 g/mol. The molecule has 0 aromatic heterocycles. The summed E-state index contributed by atoms with van der Waals surface area (Å²) in [7, 11) is 0. The number of hydrogen-bond donors (Lipinski definition) is 1. The molecule has 0 saturated carbocycles. The van der Waals surface area contributed by atoms with Crippen LogP contribution in [0.4, 0.5) is 4.39 Å². The van der Waals surface area contributed by atoms with Crippen molar-refractivity contribution in [3.05, 3.63) is 59.4 Å². The largest absolute Gasteiger partial charge is 0.457 e. The maximum Gasteiger partial charge on any atom is 0.130 e. The van der Waals surface area contributed by atoms with E-state index in [-0.39, 0.29) is 11.9 Å². The summed E-state index contributed by atoms with van der Waals surface area (Å²) in [6.45, 7) is 4.13. The molecule has 0 radical (unpaired) electrons. The van der Waals surface area contributed by atoms with Crippen LogP contribution in [-0.2, 0) is 12.8 Å². The van der Waals surface area contributed by atoms with Crippen LogP contribution in [0.2, 0.25) is 0 Å². The topological polar surface area (TPSA) is 35.2 Å². The van der Waals surface area contributed by atoms with Gasteiger partial charge in [0, 0.05) is 6.04 Å². The Kier molecular flexibility index (Phi) is 5.34. The Hall–Kier alpha value is -1.87. The smallest absolute Gasteiger partial charge is 0.130 e. The average Bonchev–Trinajstić information content (AvgIpc) is 2.50. The van der Waals surface area contributed by atoms with E-state index in [4.69, 9.17) is 10.5 Å². The van der Waals surface area contributed by atoms with Gasteiger partial charge >= 0.3 is 0 Å². The molecule has 0 bridgehead atoms. The molecule has 2 N–H and O–H groups in total. The van der Waals surface area contributed by atoms with E-state index >= 15 is 0 Å². The highest BCUT2D eigenvalue weighted by Crippen LogP contribution is 2.27. The lowest BCUT2D eigenvalue weighted by Crippen LogP contribution is -2.21. The second-order valence-electron chi connectivity index (χ2n) is 5.22. The van der Waals surface area contributed by atoms with Crippen LogP contribution in [0.1, 0.15) is 31.4 Å². The highest BCUT2D eigenvalue weighted by molar-refractivity contribution is 5.39. The number of benzene rings is 2. The number of nitrogens with two attached hydrogens (primary N) is 1. The summed E-state index contributed by atoms with van der Waals surface area (Å²) in [5.41, 5.74) is 8.05. The normalized spacial score (nSPS) is 12.2. The van der Waals surface area contributed by atoms with Gasteiger partial charge in [-0.1, -0.05) is 26.0 Å². The van der Waals surface area contributed by atoms with Crippen molar-refractivity contribution in [3.63, 3.8) is 0 Å². The molecule has 0 aliphatic rings. The van der Waals surface area contributed by atoms with Gasteiger partial charge in [0.15, 0.2) is 0 Å². The number of halogens is 1. The molecule has 0 spiro atoms. The zero-order chi connectivity index (χ0) is 15.2. The molecule has 0 amide bonds. The molecule has 0 heterocycles. The standard InChI is InChI=1S/C18H22FNO/c1-3-13-5-8-17(9-6-13)21-18-10-7-15(19)11-14(18)12-16(20)4-2/h5-11,16H,3-4,12,20H2,1-2H3. The number of rotatable bonds is 6. The van der Waals surface area contributed by atoms with Gasteiger partial charge in [0.1, 0.15) is 17.3 Å². The third-order valence-electron chi connectivity index (χ3n) is 3.59. The Morgan fingerprint density at radius 3 is 2.43 bits per heavy atom. The van der Waals surface area contributed by atoms with Crippen molar-refractivity contribution in [1.29, 1.82) is 0 Å². The number of aryl methyl sites for hydroxylation is 1. The maximum absolute atomic E-state index is 13.4. The molecular weight excluding hydrogens is 265 g/mol. The predicted octanol–water partition coefficient (Wildman–Crippen LogP) is 4.46. The highest BCUT2D eigenvalue weighted by atomic mass is 19.1. The Morgan fingerprint density at radius 2 is 1.81 bits per heavy atom. The van der Waals surface area contributed by atoms with Crippen molar-refractivity contribution in [2.45, 2.75) is 39.2 Å². The highest BCUT2D eigenvalue weighted by Gasteiger charge is 2.10. The van der Waals surface area contributed by atoms with Crippen LogP contribution in [0, 0.1) is 5.82 Å². The van der Waals surface area contributed by atoms with Crippen LogP contribution < -0.4 is 10.5 Å². The van der Waals surface area contributed by atoms with Crippen LogP contribution in [0.15, 0.2) is 42.5 Å². The first-order valence-corrected chi connectivity index (χ1v) is 7.43. The summed E-state index contributed by atoms with van der Waals surface area (Å²) in [6, 6.07) is 12.5. The van der Waals surface area contributed by atoms with Crippen LogP contribution >= 0.6 is 0 Å². The molecule has 0 fully saturated rings. The van der Waals surface area contributed by atoms with Gasteiger partial charge in [-0.25, -0.2) is 4.39 Å². The van der Waals surface area contributed by atoms with Gasteiger partial charge in [0.05, 0.1) is 0 Å². The average molecular weight is 287 g/mol. The zero-order valence-electron chi connectivity index (χ0n) is 12.6. The number of ether oxygens (including phenoxy) is 1. The van der Waals surface area contributed by atoms with E-state index in [9.17, 15) is 4.39 Å².